The van der Waals surface area contributed by atoms with Crippen molar-refractivity contribution in [3.63, 3.8) is 0 Å². The van der Waals surface area contributed by atoms with E-state index >= 15 is 0 Å². The minimum Gasteiger partial charge on any atom is -0.309 e. The van der Waals surface area contributed by atoms with Crippen LogP contribution in [-0.4, -0.2) is 7.05 Å². The van der Waals surface area contributed by atoms with E-state index in [0.29, 0.717) is 6.04 Å². The van der Waals surface area contributed by atoms with Crippen LogP contribution in [0.5, 0.6) is 0 Å². The fraction of sp³-hybridized carbons (Fsp3) is 0.375. The van der Waals surface area contributed by atoms with Crippen molar-refractivity contribution in [2.75, 3.05) is 7.05 Å². The van der Waals surface area contributed by atoms with E-state index in [1.807, 2.05) is 7.05 Å². The first-order valence-corrected chi connectivity index (χ1v) is 8.46. The molecule has 1 heterocycles. The van der Waals surface area contributed by atoms with Gasteiger partial charge in [-0.25, -0.2) is 0 Å². The van der Waals surface area contributed by atoms with Crippen LogP contribution in [-0.2, 0) is 0 Å². The molecule has 19 heavy (non-hydrogen) atoms. The molecule has 0 radical (unpaired) electrons. The van der Waals surface area contributed by atoms with Gasteiger partial charge >= 0.3 is 0 Å². The van der Waals surface area contributed by atoms with Gasteiger partial charge in [0.25, 0.3) is 0 Å². The van der Waals surface area contributed by atoms with Crippen molar-refractivity contribution in [1.29, 1.82) is 0 Å². The first kappa shape index (κ1) is 13.3. The van der Waals surface area contributed by atoms with Gasteiger partial charge in [0.1, 0.15) is 0 Å². The maximum atomic E-state index is 3.53. The molecular weight excluding hydrogens is 318 g/mol. The van der Waals surface area contributed by atoms with Crippen molar-refractivity contribution in [2.24, 2.45) is 0 Å². The molecule has 0 saturated heterocycles. The van der Waals surface area contributed by atoms with Gasteiger partial charge in [-0.15, -0.1) is 11.3 Å². The quantitative estimate of drug-likeness (QED) is 0.820. The average molecular weight is 336 g/mol. The molecule has 1 atom stereocenters. The van der Waals surface area contributed by atoms with Crippen molar-refractivity contribution in [3.05, 3.63) is 56.2 Å². The predicted molar refractivity (Wildman–Crippen MR) is 86.0 cm³/mol. The molecule has 3 heteroatoms. The molecule has 1 saturated carbocycles. The Balaban J connectivity index is 1.83. The summed E-state index contributed by atoms with van der Waals surface area (Å²) in [5, 5.41) is 5.56. The Morgan fingerprint density at radius 3 is 2.47 bits per heavy atom. The van der Waals surface area contributed by atoms with Crippen LogP contribution < -0.4 is 5.32 Å². The number of rotatable bonds is 4. The van der Waals surface area contributed by atoms with Crippen molar-refractivity contribution in [3.8, 4) is 0 Å². The molecule has 1 aromatic carbocycles. The summed E-state index contributed by atoms with van der Waals surface area (Å²) in [5.41, 5.74) is 2.86. The second kappa shape index (κ2) is 5.78. The van der Waals surface area contributed by atoms with E-state index in [9.17, 15) is 0 Å². The van der Waals surface area contributed by atoms with Crippen LogP contribution in [0.15, 0.2) is 40.2 Å². The Morgan fingerprint density at radius 2 is 2.00 bits per heavy atom. The fourth-order valence-corrected chi connectivity index (χ4v) is 4.24. The molecule has 1 nitrogen and oxygen atoms in total. The highest BCUT2D eigenvalue weighted by atomic mass is 79.9. The third kappa shape index (κ3) is 2.78. The molecule has 3 rings (SSSR count). The number of thiophene rings is 1. The number of nitrogens with one attached hydrogen (secondary N) is 1. The lowest BCUT2D eigenvalue weighted by Gasteiger charge is -2.26. The van der Waals surface area contributed by atoms with Crippen molar-refractivity contribution < 1.29 is 0 Å². The molecule has 0 aliphatic heterocycles. The second-order valence-electron chi connectivity index (χ2n) is 5.18. The summed E-state index contributed by atoms with van der Waals surface area (Å²) in [6.07, 6.45) is 4.13. The Morgan fingerprint density at radius 1 is 1.26 bits per heavy atom. The van der Waals surface area contributed by atoms with E-state index in [1.165, 1.54) is 39.7 Å². The van der Waals surface area contributed by atoms with Gasteiger partial charge in [-0.3, -0.25) is 0 Å². The number of halogens is 1. The van der Waals surface area contributed by atoms with E-state index < -0.39 is 0 Å². The molecule has 100 valence electrons. The largest absolute Gasteiger partial charge is 0.309 e. The lowest BCUT2D eigenvalue weighted by atomic mass is 9.80. The van der Waals surface area contributed by atoms with Gasteiger partial charge < -0.3 is 5.32 Å². The highest BCUT2D eigenvalue weighted by molar-refractivity contribution is 9.10. The summed E-state index contributed by atoms with van der Waals surface area (Å²) in [7, 11) is 2.03. The fourth-order valence-electron chi connectivity index (χ4n) is 2.66. The topological polar surface area (TPSA) is 12.0 Å². The molecule has 1 unspecified atom stereocenters. The smallest absolute Gasteiger partial charge is 0.0669 e. The van der Waals surface area contributed by atoms with Gasteiger partial charge in [-0.1, -0.05) is 30.7 Å². The maximum absolute atomic E-state index is 3.53. The first-order valence-electron chi connectivity index (χ1n) is 6.79. The molecular formula is C16H18BrNS. The second-order valence-corrected chi connectivity index (χ2v) is 7.04. The normalized spacial score (nSPS) is 17.2. The molecule has 0 amide bonds. The Bertz CT molecular complexity index is 542. The molecule has 1 fully saturated rings. The zero-order chi connectivity index (χ0) is 13.2. The van der Waals surface area contributed by atoms with Gasteiger partial charge in [0.15, 0.2) is 0 Å². The van der Waals surface area contributed by atoms with Crippen LogP contribution in [0.1, 0.15) is 47.2 Å². The van der Waals surface area contributed by atoms with Crippen molar-refractivity contribution >= 4 is 27.3 Å². The molecule has 0 spiro atoms. The van der Waals surface area contributed by atoms with Gasteiger partial charge in [-0.2, -0.15) is 0 Å². The monoisotopic (exact) mass is 335 g/mol. The molecule has 1 aliphatic rings. The Kier molecular flexibility index (Phi) is 4.06. The Labute approximate surface area is 127 Å². The van der Waals surface area contributed by atoms with Crippen molar-refractivity contribution in [2.45, 2.75) is 31.2 Å². The Hall–Kier alpha value is -0.640. The molecule has 2 aromatic rings. The maximum Gasteiger partial charge on any atom is 0.0669 e. The lowest BCUT2D eigenvalue weighted by molar-refractivity contribution is 0.419. The van der Waals surface area contributed by atoms with E-state index in [-0.39, 0.29) is 0 Å². The summed E-state index contributed by atoms with van der Waals surface area (Å²) in [6, 6.07) is 11.7. The zero-order valence-electron chi connectivity index (χ0n) is 11.0. The van der Waals surface area contributed by atoms with Gasteiger partial charge in [0, 0.05) is 14.7 Å². The van der Waals surface area contributed by atoms with Crippen LogP contribution in [0.3, 0.4) is 0 Å². The third-order valence-electron chi connectivity index (χ3n) is 4.01. The van der Waals surface area contributed by atoms with Crippen LogP contribution in [0.2, 0.25) is 0 Å². The van der Waals surface area contributed by atoms with Crippen LogP contribution in [0.25, 0.3) is 0 Å². The summed E-state index contributed by atoms with van der Waals surface area (Å²) < 4.78 is 1.17. The highest BCUT2D eigenvalue weighted by Crippen LogP contribution is 2.37. The summed E-state index contributed by atoms with van der Waals surface area (Å²) in [6.45, 7) is 0. The molecule has 1 aliphatic carbocycles. The van der Waals surface area contributed by atoms with Crippen LogP contribution in [0.4, 0.5) is 0 Å². The molecule has 0 bridgehead atoms. The lowest BCUT2D eigenvalue weighted by Crippen LogP contribution is -2.16. The van der Waals surface area contributed by atoms with Crippen molar-refractivity contribution in [1.82, 2.24) is 5.32 Å². The number of hydrogen-bond acceptors (Lipinski definition) is 2. The summed E-state index contributed by atoms with van der Waals surface area (Å²) >= 11 is 5.33. The van der Waals surface area contributed by atoms with Gasteiger partial charge in [0.05, 0.1) is 6.04 Å². The van der Waals surface area contributed by atoms with Crippen LogP contribution in [0, 0.1) is 0 Å². The third-order valence-corrected chi connectivity index (χ3v) is 5.77. The predicted octanol–water partition coefficient (Wildman–Crippen LogP) is 5.09. The van der Waals surface area contributed by atoms with E-state index in [2.05, 4.69) is 57.0 Å². The summed E-state index contributed by atoms with van der Waals surface area (Å²) in [5.74, 6) is 0.818. The standard InChI is InChI=1S/C16H18BrNS/c1-18-16(15-9-14(17)10-19-15)13-7-5-12(6-8-13)11-3-2-4-11/h5-11,16,18H,2-4H2,1H3. The van der Waals surface area contributed by atoms with E-state index in [0.717, 1.165) is 5.92 Å². The number of benzene rings is 1. The minimum atomic E-state index is 0.298. The molecule has 1 aromatic heterocycles. The highest BCUT2D eigenvalue weighted by Gasteiger charge is 2.20. The first-order chi connectivity index (χ1) is 9.28. The number of hydrogen-bond donors (Lipinski definition) is 1. The van der Waals surface area contributed by atoms with Gasteiger partial charge in [0.2, 0.25) is 0 Å². The SMILES string of the molecule is CNC(c1ccc(C2CCC2)cc1)c1cc(Br)cs1. The van der Waals surface area contributed by atoms with E-state index in [4.69, 9.17) is 0 Å². The minimum absolute atomic E-state index is 0.298. The molecule has 1 N–H and O–H groups in total. The summed E-state index contributed by atoms with van der Waals surface area (Å²) in [4.78, 5) is 1.35. The van der Waals surface area contributed by atoms with E-state index in [1.54, 1.807) is 11.3 Å². The average Bonchev–Trinajstić information content (AvgIpc) is 2.77. The van der Waals surface area contributed by atoms with Gasteiger partial charge in [-0.05, 0) is 58.9 Å². The van der Waals surface area contributed by atoms with Crippen LogP contribution >= 0.6 is 27.3 Å². The zero-order valence-corrected chi connectivity index (χ0v) is 13.4.